The Labute approximate surface area is 115 Å². The molecule has 1 saturated carbocycles. The molecule has 1 aromatic rings. The van der Waals surface area contributed by atoms with Crippen LogP contribution in [0.4, 0.5) is 0 Å². The molecule has 1 aromatic heterocycles. The highest BCUT2D eigenvalue weighted by Gasteiger charge is 2.25. The molecule has 1 heterocycles. The normalized spacial score (nSPS) is 24.7. The molecule has 0 bridgehead atoms. The van der Waals surface area contributed by atoms with Gasteiger partial charge in [-0.3, -0.25) is 0 Å². The topological polar surface area (TPSA) is 30.7 Å². The van der Waals surface area contributed by atoms with E-state index in [4.69, 9.17) is 11.6 Å². The van der Waals surface area contributed by atoms with Crippen LogP contribution in [0, 0.1) is 11.8 Å². The standard InChI is InChI=1S/C14H24ClN3/c1-10(2)9-18-13(8-15)16-17-14(18)12-6-4-11(3)5-7-12/h10-12H,4-9H2,1-3H3. The highest BCUT2D eigenvalue weighted by Crippen LogP contribution is 2.35. The van der Waals surface area contributed by atoms with Crippen molar-refractivity contribution in [2.45, 2.75) is 64.8 Å². The predicted octanol–water partition coefficient (Wildman–Crippen LogP) is 3.97. The molecule has 0 amide bonds. The maximum atomic E-state index is 5.97. The number of rotatable bonds is 4. The van der Waals surface area contributed by atoms with Crippen LogP contribution in [0.15, 0.2) is 0 Å². The number of halogens is 1. The Bertz CT molecular complexity index is 378. The maximum absolute atomic E-state index is 5.97. The summed E-state index contributed by atoms with van der Waals surface area (Å²) in [5.41, 5.74) is 0. The van der Waals surface area contributed by atoms with Crippen LogP contribution >= 0.6 is 11.6 Å². The van der Waals surface area contributed by atoms with E-state index in [2.05, 4.69) is 35.5 Å². The molecule has 1 fully saturated rings. The van der Waals surface area contributed by atoms with E-state index in [0.29, 0.717) is 17.7 Å². The van der Waals surface area contributed by atoms with Crippen molar-refractivity contribution in [1.82, 2.24) is 14.8 Å². The van der Waals surface area contributed by atoms with Gasteiger partial charge in [0.1, 0.15) is 11.6 Å². The summed E-state index contributed by atoms with van der Waals surface area (Å²) in [5.74, 6) is 4.62. The molecule has 1 aliphatic carbocycles. The molecule has 0 unspecified atom stereocenters. The van der Waals surface area contributed by atoms with E-state index >= 15 is 0 Å². The Morgan fingerprint density at radius 3 is 2.44 bits per heavy atom. The van der Waals surface area contributed by atoms with Crippen molar-refractivity contribution in [2.75, 3.05) is 0 Å². The first-order valence-electron chi connectivity index (χ1n) is 7.09. The third-order valence-corrected chi connectivity index (χ3v) is 4.14. The first-order chi connectivity index (χ1) is 8.61. The molecule has 0 radical (unpaired) electrons. The van der Waals surface area contributed by atoms with Crippen LogP contribution in [0.2, 0.25) is 0 Å². The van der Waals surface area contributed by atoms with Crippen LogP contribution in [0.3, 0.4) is 0 Å². The molecule has 18 heavy (non-hydrogen) atoms. The molecule has 0 spiro atoms. The molecule has 0 N–H and O–H groups in total. The molecule has 1 aliphatic rings. The van der Waals surface area contributed by atoms with Gasteiger partial charge in [-0.25, -0.2) is 0 Å². The van der Waals surface area contributed by atoms with Crippen molar-refractivity contribution in [1.29, 1.82) is 0 Å². The number of hydrogen-bond acceptors (Lipinski definition) is 2. The molecule has 0 aliphatic heterocycles. The third kappa shape index (κ3) is 3.05. The summed E-state index contributed by atoms with van der Waals surface area (Å²) in [5, 5.41) is 8.68. The molecular formula is C14H24ClN3. The van der Waals surface area contributed by atoms with Gasteiger partial charge in [0.25, 0.3) is 0 Å². The highest BCUT2D eigenvalue weighted by atomic mass is 35.5. The fourth-order valence-electron chi connectivity index (χ4n) is 2.83. The molecule has 2 rings (SSSR count). The van der Waals surface area contributed by atoms with E-state index in [1.165, 1.54) is 31.5 Å². The van der Waals surface area contributed by atoms with Crippen LogP contribution in [0.5, 0.6) is 0 Å². The van der Waals surface area contributed by atoms with Gasteiger partial charge in [0, 0.05) is 12.5 Å². The van der Waals surface area contributed by atoms with Crippen LogP contribution in [0.25, 0.3) is 0 Å². The largest absolute Gasteiger partial charge is 0.313 e. The second-order valence-corrected chi connectivity index (χ2v) is 6.34. The van der Waals surface area contributed by atoms with Crippen molar-refractivity contribution in [3.8, 4) is 0 Å². The summed E-state index contributed by atoms with van der Waals surface area (Å²) in [7, 11) is 0. The fourth-order valence-corrected chi connectivity index (χ4v) is 3.03. The molecule has 102 valence electrons. The average molecular weight is 270 g/mol. The van der Waals surface area contributed by atoms with E-state index in [1.807, 2.05) is 0 Å². The van der Waals surface area contributed by atoms with Crippen molar-refractivity contribution < 1.29 is 0 Å². The Morgan fingerprint density at radius 2 is 1.89 bits per heavy atom. The number of nitrogens with zero attached hydrogens (tertiary/aromatic N) is 3. The van der Waals surface area contributed by atoms with Gasteiger partial charge in [-0.1, -0.05) is 33.6 Å². The van der Waals surface area contributed by atoms with Crippen LogP contribution in [-0.4, -0.2) is 14.8 Å². The minimum atomic E-state index is 0.461. The lowest BCUT2D eigenvalue weighted by Crippen LogP contribution is -2.18. The minimum absolute atomic E-state index is 0.461. The minimum Gasteiger partial charge on any atom is -0.313 e. The second-order valence-electron chi connectivity index (χ2n) is 6.07. The van der Waals surface area contributed by atoms with Crippen molar-refractivity contribution in [3.05, 3.63) is 11.6 Å². The smallest absolute Gasteiger partial charge is 0.147 e. The highest BCUT2D eigenvalue weighted by molar-refractivity contribution is 6.16. The molecule has 0 saturated heterocycles. The van der Waals surface area contributed by atoms with Gasteiger partial charge in [-0.05, 0) is 24.7 Å². The van der Waals surface area contributed by atoms with Gasteiger partial charge in [0.15, 0.2) is 0 Å². The lowest BCUT2D eigenvalue weighted by molar-refractivity contribution is 0.329. The SMILES string of the molecule is CC(C)Cn1c(CCl)nnc1C1CCC(C)CC1. The summed E-state index contributed by atoms with van der Waals surface area (Å²) in [6.07, 6.45) is 5.13. The number of alkyl halides is 1. The summed E-state index contributed by atoms with van der Waals surface area (Å²) in [6.45, 7) is 7.78. The maximum Gasteiger partial charge on any atom is 0.147 e. The zero-order valence-corrected chi connectivity index (χ0v) is 12.5. The Morgan fingerprint density at radius 1 is 1.22 bits per heavy atom. The van der Waals surface area contributed by atoms with E-state index < -0.39 is 0 Å². The van der Waals surface area contributed by atoms with Gasteiger partial charge in [-0.15, -0.1) is 21.8 Å². The van der Waals surface area contributed by atoms with E-state index in [1.54, 1.807) is 0 Å². The lowest BCUT2D eigenvalue weighted by atomic mass is 9.82. The van der Waals surface area contributed by atoms with E-state index in [-0.39, 0.29) is 0 Å². The Kier molecular flexibility index (Phi) is 4.66. The summed E-state index contributed by atoms with van der Waals surface area (Å²) >= 11 is 5.97. The number of aromatic nitrogens is 3. The second kappa shape index (κ2) is 6.05. The van der Waals surface area contributed by atoms with Crippen LogP contribution in [-0.2, 0) is 12.4 Å². The van der Waals surface area contributed by atoms with Gasteiger partial charge in [-0.2, -0.15) is 0 Å². The molecule has 4 heteroatoms. The molecule has 0 aromatic carbocycles. The zero-order chi connectivity index (χ0) is 13.1. The van der Waals surface area contributed by atoms with Crippen molar-refractivity contribution in [2.24, 2.45) is 11.8 Å². The first kappa shape index (κ1) is 13.9. The predicted molar refractivity (Wildman–Crippen MR) is 74.8 cm³/mol. The van der Waals surface area contributed by atoms with Crippen LogP contribution in [0.1, 0.15) is 64.0 Å². The quantitative estimate of drug-likeness (QED) is 0.775. The summed E-state index contributed by atoms with van der Waals surface area (Å²) < 4.78 is 2.26. The first-order valence-corrected chi connectivity index (χ1v) is 7.63. The zero-order valence-electron chi connectivity index (χ0n) is 11.7. The average Bonchev–Trinajstić information content (AvgIpc) is 2.72. The third-order valence-electron chi connectivity index (χ3n) is 3.90. The van der Waals surface area contributed by atoms with Crippen molar-refractivity contribution in [3.63, 3.8) is 0 Å². The van der Waals surface area contributed by atoms with Crippen LogP contribution < -0.4 is 0 Å². The van der Waals surface area contributed by atoms with E-state index in [9.17, 15) is 0 Å². The Balaban J connectivity index is 2.18. The summed E-state index contributed by atoms with van der Waals surface area (Å²) in [6, 6.07) is 0. The van der Waals surface area contributed by atoms with E-state index in [0.717, 1.165) is 18.3 Å². The molecule has 0 atom stereocenters. The summed E-state index contributed by atoms with van der Waals surface area (Å²) in [4.78, 5) is 0. The molecular weight excluding hydrogens is 246 g/mol. The fraction of sp³-hybridized carbons (Fsp3) is 0.857. The Hall–Kier alpha value is -0.570. The molecule has 3 nitrogen and oxygen atoms in total. The monoisotopic (exact) mass is 269 g/mol. The van der Waals surface area contributed by atoms with Gasteiger partial charge in [0.05, 0.1) is 5.88 Å². The van der Waals surface area contributed by atoms with Crippen molar-refractivity contribution >= 4 is 11.6 Å². The van der Waals surface area contributed by atoms with Gasteiger partial charge < -0.3 is 4.57 Å². The van der Waals surface area contributed by atoms with Gasteiger partial charge >= 0.3 is 0 Å². The lowest BCUT2D eigenvalue weighted by Gasteiger charge is -2.26. The van der Waals surface area contributed by atoms with Gasteiger partial charge in [0.2, 0.25) is 0 Å². The number of hydrogen-bond donors (Lipinski definition) is 0.